The van der Waals surface area contributed by atoms with E-state index in [0.29, 0.717) is 15.0 Å². The van der Waals surface area contributed by atoms with E-state index in [1.807, 2.05) is 65.5 Å². The van der Waals surface area contributed by atoms with Gasteiger partial charge >= 0.3 is 0 Å². The lowest BCUT2D eigenvalue weighted by molar-refractivity contribution is 0.402. The van der Waals surface area contributed by atoms with Crippen LogP contribution in [0.2, 0.25) is 5.02 Å². The summed E-state index contributed by atoms with van der Waals surface area (Å²) in [7, 11) is 1.66. The van der Waals surface area contributed by atoms with Gasteiger partial charge in [-0.25, -0.2) is 9.38 Å². The van der Waals surface area contributed by atoms with Gasteiger partial charge in [-0.3, -0.25) is 9.36 Å². The molecule has 0 N–H and O–H groups in total. The van der Waals surface area contributed by atoms with Gasteiger partial charge in [0.25, 0.3) is 5.56 Å². The fraction of sp³-hybridized carbons (Fsp3) is 0.176. The van der Waals surface area contributed by atoms with Crippen molar-refractivity contribution in [3.8, 4) is 11.4 Å². The number of aromatic nitrogens is 2. The topological polar surface area (TPSA) is 48.5 Å². The molecule has 1 atom stereocenters. The van der Waals surface area contributed by atoms with Gasteiger partial charge in [0, 0.05) is 28.2 Å². The molecule has 5 nitrogen and oxygen atoms in total. The highest BCUT2D eigenvalue weighted by atomic mass is 35.5. The maximum Gasteiger partial charge on any atom is 0.271 e. The van der Waals surface area contributed by atoms with Crippen LogP contribution in [0.5, 0.6) is 5.75 Å². The highest BCUT2D eigenvalue weighted by Gasteiger charge is 2.34. The summed E-state index contributed by atoms with van der Waals surface area (Å²) in [6.45, 7) is 3.93. The molecule has 0 amide bonds. The number of aryl methyl sites for hydroxylation is 2. The first kappa shape index (κ1) is 26.7. The summed E-state index contributed by atoms with van der Waals surface area (Å²) in [6.07, 6.45) is 3.62. The molecule has 2 aliphatic rings. The minimum absolute atomic E-state index is 0.0810. The molecule has 0 saturated heterocycles. The van der Waals surface area contributed by atoms with E-state index in [-0.39, 0.29) is 16.6 Å². The van der Waals surface area contributed by atoms with Crippen LogP contribution >= 0.6 is 22.9 Å². The van der Waals surface area contributed by atoms with Crippen LogP contribution < -0.4 is 19.6 Å². The number of hydrogen-bond donors (Lipinski definition) is 0. The number of rotatable bonds is 4. The van der Waals surface area contributed by atoms with Gasteiger partial charge in [-0.2, -0.15) is 0 Å². The molecule has 1 aliphatic heterocycles. The number of thiazole rings is 1. The lowest BCUT2D eigenvalue weighted by Gasteiger charge is -2.31. The number of allylic oxidation sites excluding steroid dienone is 1. The number of benzene rings is 3. The predicted octanol–water partition coefficient (Wildman–Crippen LogP) is 6.53. The summed E-state index contributed by atoms with van der Waals surface area (Å²) in [6, 6.07) is 22.8. The molecule has 210 valence electrons. The van der Waals surface area contributed by atoms with Crippen molar-refractivity contribution in [1.82, 2.24) is 9.13 Å². The number of methoxy groups -OCH3 is 1. The van der Waals surface area contributed by atoms with Crippen LogP contribution in [0.15, 0.2) is 88.2 Å². The third-order valence-corrected chi connectivity index (χ3v) is 9.51. The predicted molar refractivity (Wildman–Crippen MR) is 166 cm³/mol. The molecular formula is C34H27ClFN3O2S. The zero-order chi connectivity index (χ0) is 29.1. The quantitative estimate of drug-likeness (QED) is 0.237. The average Bonchev–Trinajstić information content (AvgIpc) is 3.46. The van der Waals surface area contributed by atoms with Crippen molar-refractivity contribution in [1.29, 1.82) is 0 Å². The van der Waals surface area contributed by atoms with E-state index >= 15 is 0 Å². The number of nitrogens with zero attached hydrogens (tertiary/aromatic N) is 3. The number of para-hydroxylation sites is 1. The summed E-state index contributed by atoms with van der Waals surface area (Å²) in [5.74, 6) is 0.266. The zero-order valence-corrected chi connectivity index (χ0v) is 24.9. The molecular weight excluding hydrogens is 569 g/mol. The first-order chi connectivity index (χ1) is 20.4. The summed E-state index contributed by atoms with van der Waals surface area (Å²) in [5.41, 5.74) is 8.69. The minimum Gasteiger partial charge on any atom is -0.496 e. The molecule has 3 aromatic carbocycles. The molecule has 0 fully saturated rings. The number of fused-ring (bicyclic) bond motifs is 3. The number of ether oxygens (including phenoxy) is 1. The molecule has 0 radical (unpaired) electrons. The van der Waals surface area contributed by atoms with Crippen molar-refractivity contribution in [2.45, 2.75) is 32.7 Å². The second-order valence-corrected chi connectivity index (χ2v) is 12.0. The summed E-state index contributed by atoms with van der Waals surface area (Å²) in [5, 5.41) is 0.0810. The Bertz CT molecular complexity index is 2120. The minimum atomic E-state index is -0.474. The zero-order valence-electron chi connectivity index (χ0n) is 23.3. The molecule has 0 unspecified atom stereocenters. The lowest BCUT2D eigenvalue weighted by Crippen LogP contribution is -2.39. The SMILES string of the molecule is COc1ccccc1[C@@H]1C2=C(N=c3s/c(=C\c4cc(C)n(-c5ccc(Cl)c(F)c5)c4C)c(=O)n31)c1ccccc1CC2. The summed E-state index contributed by atoms with van der Waals surface area (Å²) in [4.78, 5) is 20.0. The third kappa shape index (κ3) is 4.18. The molecule has 0 bridgehead atoms. The Morgan fingerprint density at radius 2 is 1.83 bits per heavy atom. The Hall–Kier alpha value is -4.20. The van der Waals surface area contributed by atoms with Crippen LogP contribution in [-0.2, 0) is 6.42 Å². The van der Waals surface area contributed by atoms with Gasteiger partial charge in [0.2, 0.25) is 0 Å². The normalized spacial score (nSPS) is 16.1. The lowest BCUT2D eigenvalue weighted by atomic mass is 9.83. The highest BCUT2D eigenvalue weighted by Crippen LogP contribution is 2.43. The molecule has 3 heterocycles. The van der Waals surface area contributed by atoms with Crippen LogP contribution in [0.1, 0.15) is 46.1 Å². The molecule has 0 saturated carbocycles. The van der Waals surface area contributed by atoms with Crippen molar-refractivity contribution in [3.63, 3.8) is 0 Å². The van der Waals surface area contributed by atoms with Gasteiger partial charge in [-0.15, -0.1) is 0 Å². The fourth-order valence-corrected chi connectivity index (χ4v) is 7.40. The Kier molecular flexibility index (Phi) is 6.52. The maximum absolute atomic E-state index is 14.3. The van der Waals surface area contributed by atoms with Crippen molar-refractivity contribution < 1.29 is 9.13 Å². The van der Waals surface area contributed by atoms with Crippen molar-refractivity contribution >= 4 is 34.7 Å². The van der Waals surface area contributed by atoms with Crippen LogP contribution in [0, 0.1) is 19.7 Å². The molecule has 1 aliphatic carbocycles. The fourth-order valence-electron chi connectivity index (χ4n) is 6.29. The first-order valence-corrected chi connectivity index (χ1v) is 15.0. The van der Waals surface area contributed by atoms with Gasteiger partial charge in [0.05, 0.1) is 28.4 Å². The van der Waals surface area contributed by atoms with Gasteiger partial charge in [0.1, 0.15) is 11.6 Å². The van der Waals surface area contributed by atoms with Crippen LogP contribution in [0.3, 0.4) is 0 Å². The van der Waals surface area contributed by atoms with E-state index in [1.165, 1.54) is 23.0 Å². The number of hydrogen-bond acceptors (Lipinski definition) is 4. The van der Waals surface area contributed by atoms with Crippen molar-refractivity contribution in [2.75, 3.05) is 7.11 Å². The Balaban J connectivity index is 1.44. The van der Waals surface area contributed by atoms with Gasteiger partial charge in [-0.05, 0) is 79.8 Å². The Morgan fingerprint density at radius 1 is 1.05 bits per heavy atom. The summed E-state index contributed by atoms with van der Waals surface area (Å²) >= 11 is 7.32. The molecule has 0 spiro atoms. The summed E-state index contributed by atoms with van der Waals surface area (Å²) < 4.78 is 24.5. The van der Waals surface area contributed by atoms with E-state index in [0.717, 1.165) is 57.9 Å². The monoisotopic (exact) mass is 595 g/mol. The standard InChI is InChI=1S/C34H27ClFN3O2S/c1-19-16-22(20(2)38(19)23-13-15-27(35)28(36)18-23)17-30-33(40)39-32(25-10-6-7-11-29(25)41-3)26-14-12-21-8-4-5-9-24(21)31(26)37-34(39)42-30/h4-11,13,15-18,32H,12,14H2,1-3H3/b30-17-/t32-/m1/s1. The van der Waals surface area contributed by atoms with E-state index in [2.05, 4.69) is 18.2 Å². The Labute approximate surface area is 251 Å². The van der Waals surface area contributed by atoms with Crippen LogP contribution in [0.25, 0.3) is 17.5 Å². The third-order valence-electron chi connectivity index (χ3n) is 8.22. The van der Waals surface area contributed by atoms with Gasteiger partial charge < -0.3 is 9.30 Å². The largest absolute Gasteiger partial charge is 0.496 e. The second-order valence-electron chi connectivity index (χ2n) is 10.6. The van der Waals surface area contributed by atoms with E-state index in [4.69, 9.17) is 21.3 Å². The smallest absolute Gasteiger partial charge is 0.271 e. The van der Waals surface area contributed by atoms with Gasteiger partial charge in [0.15, 0.2) is 4.80 Å². The molecule has 42 heavy (non-hydrogen) atoms. The van der Waals surface area contributed by atoms with E-state index in [9.17, 15) is 9.18 Å². The van der Waals surface area contributed by atoms with Crippen molar-refractivity contribution in [3.05, 3.63) is 143 Å². The Morgan fingerprint density at radius 3 is 2.64 bits per heavy atom. The van der Waals surface area contributed by atoms with Crippen molar-refractivity contribution in [2.24, 2.45) is 4.99 Å². The van der Waals surface area contributed by atoms with E-state index < -0.39 is 5.82 Å². The average molecular weight is 596 g/mol. The highest BCUT2D eigenvalue weighted by molar-refractivity contribution is 7.07. The second kappa shape index (κ2) is 10.3. The van der Waals surface area contributed by atoms with E-state index in [1.54, 1.807) is 19.2 Å². The first-order valence-electron chi connectivity index (χ1n) is 13.8. The molecule has 7 rings (SSSR count). The number of halogens is 2. The maximum atomic E-state index is 14.3. The molecule has 5 aromatic rings. The van der Waals surface area contributed by atoms with Crippen LogP contribution in [-0.4, -0.2) is 16.2 Å². The van der Waals surface area contributed by atoms with Gasteiger partial charge in [-0.1, -0.05) is 65.4 Å². The van der Waals surface area contributed by atoms with Crippen LogP contribution in [0.4, 0.5) is 4.39 Å². The molecule has 2 aromatic heterocycles. The molecule has 8 heteroatoms.